The molecule has 0 aliphatic carbocycles. The molecule has 0 aromatic rings. The van der Waals surface area contributed by atoms with E-state index in [2.05, 4.69) is 129 Å². The molecule has 3 saturated heterocycles. The van der Waals surface area contributed by atoms with Crippen molar-refractivity contribution < 1.29 is 89.4 Å². The summed E-state index contributed by atoms with van der Waals surface area (Å²) in [5, 5.41) is 120. The predicted octanol–water partition coefficient (Wildman–Crippen LogP) is 8.82. The lowest BCUT2D eigenvalue weighted by Crippen LogP contribution is -2.66. The molecular formula is C72H119NO18. The SMILES string of the molecule is CC/C=C\C/C=C\C/C=C\C/C=C\C/C=C\C/C=C\C/C=C\C/C=C\C/C=C\CCCCCCCCCCCCCCCC(=O)NC(COC1OC(CO)C(OC2OC(CO)C(OC3OC(CO)C(O)C(O)C3O)C(O)C2O)C(O)C1O)C(O)/C=C/CCCCC. The lowest BCUT2D eigenvalue weighted by molar-refractivity contribution is -0.379. The fourth-order valence-corrected chi connectivity index (χ4v) is 10.7. The second-order valence-corrected chi connectivity index (χ2v) is 23.9. The molecule has 17 atom stereocenters. The van der Waals surface area contributed by atoms with Crippen molar-refractivity contribution in [2.45, 2.75) is 298 Å². The third-order valence-electron chi connectivity index (χ3n) is 16.3. The first-order valence-corrected chi connectivity index (χ1v) is 34.3. The molecule has 19 heteroatoms. The van der Waals surface area contributed by atoms with Crippen LogP contribution in [-0.4, -0.2) is 193 Å². The van der Waals surface area contributed by atoms with E-state index in [0.29, 0.717) is 6.42 Å². The van der Waals surface area contributed by atoms with Gasteiger partial charge in [-0.3, -0.25) is 4.79 Å². The molecule has 0 bridgehead atoms. The number of amides is 1. The zero-order valence-electron chi connectivity index (χ0n) is 54.8. The van der Waals surface area contributed by atoms with Gasteiger partial charge >= 0.3 is 0 Å². The Labute approximate surface area is 544 Å². The van der Waals surface area contributed by atoms with Crippen molar-refractivity contribution in [3.63, 3.8) is 0 Å². The summed E-state index contributed by atoms with van der Waals surface area (Å²) >= 11 is 0. The van der Waals surface area contributed by atoms with Crippen LogP contribution in [0.15, 0.2) is 122 Å². The van der Waals surface area contributed by atoms with Gasteiger partial charge in [0, 0.05) is 6.42 Å². The molecule has 3 fully saturated rings. The number of allylic oxidation sites excluding steroid dienone is 19. The number of hydrogen-bond donors (Lipinski definition) is 12. The van der Waals surface area contributed by atoms with E-state index in [-0.39, 0.29) is 18.9 Å². The Morgan fingerprint density at radius 1 is 0.407 bits per heavy atom. The van der Waals surface area contributed by atoms with Gasteiger partial charge in [0.25, 0.3) is 0 Å². The summed E-state index contributed by atoms with van der Waals surface area (Å²) in [5.74, 6) is -0.290. The smallest absolute Gasteiger partial charge is 0.220 e. The number of carbonyl (C=O) groups excluding carboxylic acids is 1. The van der Waals surface area contributed by atoms with E-state index in [9.17, 15) is 61.0 Å². The van der Waals surface area contributed by atoms with Crippen molar-refractivity contribution in [3.05, 3.63) is 122 Å². The summed E-state index contributed by atoms with van der Waals surface area (Å²) in [6.45, 7) is 1.45. The highest BCUT2D eigenvalue weighted by Gasteiger charge is 2.53. The van der Waals surface area contributed by atoms with Gasteiger partial charge in [-0.15, -0.1) is 0 Å². The lowest BCUT2D eigenvalue weighted by atomic mass is 9.96. The van der Waals surface area contributed by atoms with Crippen LogP contribution in [0.25, 0.3) is 0 Å². The van der Waals surface area contributed by atoms with Gasteiger partial charge in [-0.05, 0) is 89.9 Å². The average molecular weight is 1290 g/mol. The molecular weight excluding hydrogens is 1170 g/mol. The fourth-order valence-electron chi connectivity index (χ4n) is 10.7. The highest BCUT2D eigenvalue weighted by molar-refractivity contribution is 5.76. The maximum absolute atomic E-state index is 13.2. The molecule has 1 amide bonds. The standard InChI is InChI=1S/C72H119NO18/c1-3-5-7-9-10-11-12-13-14-15-16-17-18-19-20-21-22-23-24-25-26-27-28-29-30-31-32-33-34-35-36-37-38-39-40-41-42-43-44-46-48-50-60(78)73-55(56(77)49-47-45-8-6-4-2)54-86-70-66(84)63(81)68(58(52-75)88-70)91-72-67(85)64(82)69(59(53-76)89-72)90-71-65(83)62(80)61(79)57(51-74)87-71/h5,7,10-11,13-14,16-17,19-20,22-23,25-26,28-29,31-32,47,49,55-59,61-72,74-77,79-85H,3-4,6,8-9,12,15,18,21,24,27,30,33-46,48,50-54H2,1-2H3,(H,73,78)/b7-5-,11-10-,14-13-,17-16-,20-19-,23-22-,26-25-,29-28-,32-31-,49-47+. The van der Waals surface area contributed by atoms with Gasteiger partial charge in [0.1, 0.15) is 73.2 Å². The first-order valence-electron chi connectivity index (χ1n) is 34.3. The van der Waals surface area contributed by atoms with Crippen LogP contribution in [-0.2, 0) is 33.2 Å². The normalized spacial score (nSPS) is 28.6. The Balaban J connectivity index is 1.24. The van der Waals surface area contributed by atoms with E-state index in [1.54, 1.807) is 6.08 Å². The Morgan fingerprint density at radius 3 is 1.19 bits per heavy atom. The van der Waals surface area contributed by atoms with Gasteiger partial charge < -0.3 is 89.9 Å². The van der Waals surface area contributed by atoms with Crippen molar-refractivity contribution in [2.75, 3.05) is 26.4 Å². The van der Waals surface area contributed by atoms with E-state index in [1.165, 1.54) is 51.4 Å². The van der Waals surface area contributed by atoms with Crippen LogP contribution >= 0.6 is 0 Å². The van der Waals surface area contributed by atoms with Crippen LogP contribution in [0.5, 0.6) is 0 Å². The van der Waals surface area contributed by atoms with Gasteiger partial charge in [-0.25, -0.2) is 0 Å². The zero-order chi connectivity index (χ0) is 66.1. The second-order valence-electron chi connectivity index (χ2n) is 23.9. The number of aliphatic hydroxyl groups excluding tert-OH is 11. The molecule has 0 radical (unpaired) electrons. The van der Waals surface area contributed by atoms with Crippen LogP contribution in [0, 0.1) is 0 Å². The molecule has 91 heavy (non-hydrogen) atoms. The highest BCUT2D eigenvalue weighted by Crippen LogP contribution is 2.33. The number of unbranched alkanes of at least 4 members (excludes halogenated alkanes) is 16. The van der Waals surface area contributed by atoms with Crippen molar-refractivity contribution in [3.8, 4) is 0 Å². The van der Waals surface area contributed by atoms with Crippen LogP contribution in [0.1, 0.15) is 194 Å². The first kappa shape index (κ1) is 81.4. The molecule has 17 unspecified atom stereocenters. The molecule has 0 aromatic heterocycles. The van der Waals surface area contributed by atoms with E-state index >= 15 is 0 Å². The van der Waals surface area contributed by atoms with Crippen molar-refractivity contribution in [2.24, 2.45) is 0 Å². The molecule has 0 spiro atoms. The third-order valence-corrected chi connectivity index (χ3v) is 16.3. The predicted molar refractivity (Wildman–Crippen MR) is 355 cm³/mol. The largest absolute Gasteiger partial charge is 0.394 e. The number of carbonyl (C=O) groups is 1. The Bertz CT molecular complexity index is 2120. The lowest BCUT2D eigenvalue weighted by Gasteiger charge is -2.48. The van der Waals surface area contributed by atoms with Crippen LogP contribution in [0.2, 0.25) is 0 Å². The minimum atomic E-state index is -1.98. The number of nitrogens with one attached hydrogen (secondary N) is 1. The number of ether oxygens (including phenoxy) is 6. The topological polar surface area (TPSA) is 307 Å². The fraction of sp³-hybridized carbons (Fsp3) is 0.708. The Morgan fingerprint density at radius 2 is 0.758 bits per heavy atom. The van der Waals surface area contributed by atoms with Crippen molar-refractivity contribution >= 4 is 5.91 Å². The molecule has 3 aliphatic heterocycles. The van der Waals surface area contributed by atoms with Crippen LogP contribution < -0.4 is 5.32 Å². The zero-order valence-corrected chi connectivity index (χ0v) is 54.8. The van der Waals surface area contributed by atoms with Gasteiger partial charge in [0.2, 0.25) is 5.91 Å². The second kappa shape index (κ2) is 52.5. The number of rotatable bonds is 50. The van der Waals surface area contributed by atoms with Gasteiger partial charge in [0.05, 0.1) is 38.6 Å². The third kappa shape index (κ3) is 34.4. The van der Waals surface area contributed by atoms with E-state index in [4.69, 9.17) is 28.4 Å². The average Bonchev–Trinajstić information content (AvgIpc) is 0.864. The monoisotopic (exact) mass is 1290 g/mol. The minimum Gasteiger partial charge on any atom is -0.394 e. The molecule has 12 N–H and O–H groups in total. The Hall–Kier alpha value is -3.81. The summed E-state index contributed by atoms with van der Waals surface area (Å²) in [5.41, 5.74) is 0. The van der Waals surface area contributed by atoms with E-state index in [1.807, 2.05) is 6.08 Å². The Kier molecular flexibility index (Phi) is 46.9. The summed E-state index contributed by atoms with van der Waals surface area (Å²) < 4.78 is 34.1. The molecule has 3 heterocycles. The van der Waals surface area contributed by atoms with Gasteiger partial charge in [0.15, 0.2) is 18.9 Å². The van der Waals surface area contributed by atoms with Crippen LogP contribution in [0.3, 0.4) is 0 Å². The molecule has 3 aliphatic rings. The van der Waals surface area contributed by atoms with Crippen molar-refractivity contribution in [1.82, 2.24) is 5.32 Å². The maximum Gasteiger partial charge on any atom is 0.220 e. The summed E-state index contributed by atoms with van der Waals surface area (Å²) in [7, 11) is 0. The molecule has 19 nitrogen and oxygen atoms in total. The summed E-state index contributed by atoms with van der Waals surface area (Å²) in [4.78, 5) is 13.2. The quantitative estimate of drug-likeness (QED) is 0.0200. The minimum absolute atomic E-state index is 0.233. The summed E-state index contributed by atoms with van der Waals surface area (Å²) in [6, 6.07) is -0.976. The van der Waals surface area contributed by atoms with Crippen LogP contribution in [0.4, 0.5) is 0 Å². The first-order chi connectivity index (χ1) is 44.3. The molecule has 0 saturated carbocycles. The van der Waals surface area contributed by atoms with Crippen molar-refractivity contribution in [1.29, 1.82) is 0 Å². The summed E-state index contributed by atoms with van der Waals surface area (Å²) in [6.07, 6.45) is 45.7. The molecule has 3 rings (SSSR count). The molecule has 520 valence electrons. The number of hydrogen-bond acceptors (Lipinski definition) is 18. The van der Waals surface area contributed by atoms with E-state index in [0.717, 1.165) is 116 Å². The van der Waals surface area contributed by atoms with Gasteiger partial charge in [-0.2, -0.15) is 0 Å². The highest BCUT2D eigenvalue weighted by atomic mass is 16.8. The maximum atomic E-state index is 13.2. The molecule has 0 aromatic carbocycles. The van der Waals surface area contributed by atoms with Gasteiger partial charge in [-0.1, -0.05) is 219 Å². The number of aliphatic hydroxyl groups is 11. The van der Waals surface area contributed by atoms with E-state index < -0.39 is 124 Å².